The lowest BCUT2D eigenvalue weighted by Crippen LogP contribution is -2.32. The third-order valence-electron chi connectivity index (χ3n) is 2.67. The number of nitrogens with two attached hydrogens (primary N) is 1. The first-order valence-corrected chi connectivity index (χ1v) is 5.43. The van der Waals surface area contributed by atoms with Gasteiger partial charge < -0.3 is 10.6 Å². The summed E-state index contributed by atoms with van der Waals surface area (Å²) in [6.07, 6.45) is 0. The van der Waals surface area contributed by atoms with Crippen molar-refractivity contribution in [2.24, 2.45) is 5.73 Å². The minimum atomic E-state index is -0.0801. The number of carbonyl (C=O) groups excluding carboxylic acids is 1. The number of nitrogens with zero attached hydrogens (tertiary/aromatic N) is 1. The maximum atomic E-state index is 11.4. The van der Waals surface area contributed by atoms with Crippen molar-refractivity contribution >= 4 is 11.6 Å². The Labute approximate surface area is 97.2 Å². The normalized spacial score (nSPS) is 11.3. The van der Waals surface area contributed by atoms with E-state index in [-0.39, 0.29) is 17.9 Å². The van der Waals surface area contributed by atoms with Gasteiger partial charge >= 0.3 is 0 Å². The lowest BCUT2D eigenvalue weighted by atomic mass is 9.87. The highest BCUT2D eigenvalue weighted by atomic mass is 16.2. The molecular weight excluding hydrogens is 200 g/mol. The second-order valence-electron chi connectivity index (χ2n) is 4.95. The van der Waals surface area contributed by atoms with Crippen molar-refractivity contribution in [1.29, 1.82) is 0 Å². The zero-order valence-electron chi connectivity index (χ0n) is 10.4. The maximum absolute atomic E-state index is 11.4. The van der Waals surface area contributed by atoms with Crippen molar-refractivity contribution in [3.8, 4) is 0 Å². The molecule has 0 bridgehead atoms. The topological polar surface area (TPSA) is 46.3 Å². The summed E-state index contributed by atoms with van der Waals surface area (Å²) in [6, 6.07) is 8.01. The lowest BCUT2D eigenvalue weighted by Gasteiger charge is -2.21. The first-order chi connectivity index (χ1) is 7.36. The molecule has 0 saturated carbocycles. The fraction of sp³-hybridized carbons (Fsp3) is 0.462. The largest absolute Gasteiger partial charge is 0.322 e. The van der Waals surface area contributed by atoms with E-state index in [2.05, 4.69) is 32.9 Å². The quantitative estimate of drug-likeness (QED) is 0.827. The van der Waals surface area contributed by atoms with E-state index in [0.29, 0.717) is 0 Å². The van der Waals surface area contributed by atoms with Gasteiger partial charge in [0.2, 0.25) is 5.91 Å². The van der Waals surface area contributed by atoms with E-state index >= 15 is 0 Å². The Balaban J connectivity index is 2.91. The molecule has 0 aliphatic carbocycles. The van der Waals surface area contributed by atoms with Gasteiger partial charge in [-0.3, -0.25) is 4.79 Å². The second-order valence-corrected chi connectivity index (χ2v) is 4.95. The SMILES string of the molecule is CN(C(=O)CN)c1ccc(C(C)(C)C)cc1. The number of anilines is 1. The van der Waals surface area contributed by atoms with Crippen LogP contribution in [0.3, 0.4) is 0 Å². The summed E-state index contributed by atoms with van der Waals surface area (Å²) in [5.41, 5.74) is 7.58. The summed E-state index contributed by atoms with van der Waals surface area (Å²) >= 11 is 0. The molecule has 88 valence electrons. The Morgan fingerprint density at radius 2 is 1.75 bits per heavy atom. The van der Waals surface area contributed by atoms with E-state index in [9.17, 15) is 4.79 Å². The summed E-state index contributed by atoms with van der Waals surface area (Å²) in [6.45, 7) is 6.53. The molecule has 1 aromatic rings. The summed E-state index contributed by atoms with van der Waals surface area (Å²) in [4.78, 5) is 13.0. The summed E-state index contributed by atoms with van der Waals surface area (Å²) in [5.74, 6) is -0.0801. The van der Waals surface area contributed by atoms with Crippen molar-refractivity contribution in [3.05, 3.63) is 29.8 Å². The van der Waals surface area contributed by atoms with Crippen LogP contribution in [0, 0.1) is 0 Å². The van der Waals surface area contributed by atoms with Gasteiger partial charge in [0.25, 0.3) is 0 Å². The zero-order chi connectivity index (χ0) is 12.3. The Bertz CT molecular complexity index is 363. The smallest absolute Gasteiger partial charge is 0.240 e. The number of benzene rings is 1. The minimum Gasteiger partial charge on any atom is -0.322 e. The van der Waals surface area contributed by atoms with Crippen LogP contribution in [0.4, 0.5) is 5.69 Å². The highest BCUT2D eigenvalue weighted by Gasteiger charge is 2.14. The molecule has 0 fully saturated rings. The third kappa shape index (κ3) is 2.83. The molecule has 0 aliphatic heterocycles. The van der Waals surface area contributed by atoms with Gasteiger partial charge in [0.15, 0.2) is 0 Å². The van der Waals surface area contributed by atoms with Gasteiger partial charge in [-0.15, -0.1) is 0 Å². The fourth-order valence-electron chi connectivity index (χ4n) is 1.47. The van der Waals surface area contributed by atoms with Crippen LogP contribution in [0.1, 0.15) is 26.3 Å². The molecule has 1 rings (SSSR count). The monoisotopic (exact) mass is 220 g/mol. The van der Waals surface area contributed by atoms with Crippen LogP contribution < -0.4 is 10.6 Å². The number of carbonyl (C=O) groups is 1. The highest BCUT2D eigenvalue weighted by Crippen LogP contribution is 2.24. The number of hydrogen-bond acceptors (Lipinski definition) is 2. The van der Waals surface area contributed by atoms with Crippen LogP contribution in [-0.2, 0) is 10.2 Å². The van der Waals surface area contributed by atoms with Crippen LogP contribution in [0.5, 0.6) is 0 Å². The lowest BCUT2D eigenvalue weighted by molar-refractivity contribution is -0.117. The van der Waals surface area contributed by atoms with E-state index in [1.165, 1.54) is 5.56 Å². The van der Waals surface area contributed by atoms with Gasteiger partial charge in [-0.2, -0.15) is 0 Å². The molecule has 0 saturated heterocycles. The average molecular weight is 220 g/mol. The second kappa shape index (κ2) is 4.66. The third-order valence-corrected chi connectivity index (χ3v) is 2.67. The first-order valence-electron chi connectivity index (χ1n) is 5.43. The predicted octanol–water partition coefficient (Wildman–Crippen LogP) is 1.91. The van der Waals surface area contributed by atoms with Gasteiger partial charge in [-0.25, -0.2) is 0 Å². The van der Waals surface area contributed by atoms with Crippen LogP contribution in [0.25, 0.3) is 0 Å². The van der Waals surface area contributed by atoms with Gasteiger partial charge in [0, 0.05) is 12.7 Å². The Morgan fingerprint density at radius 1 is 1.25 bits per heavy atom. The van der Waals surface area contributed by atoms with E-state index in [0.717, 1.165) is 5.69 Å². The summed E-state index contributed by atoms with van der Waals surface area (Å²) in [5, 5.41) is 0. The zero-order valence-corrected chi connectivity index (χ0v) is 10.4. The number of amides is 1. The van der Waals surface area contributed by atoms with Gasteiger partial charge in [-0.1, -0.05) is 32.9 Å². The molecule has 0 radical (unpaired) electrons. The van der Waals surface area contributed by atoms with E-state index in [1.54, 1.807) is 11.9 Å². The minimum absolute atomic E-state index is 0.0392. The van der Waals surface area contributed by atoms with Gasteiger partial charge in [0.1, 0.15) is 0 Å². The Kier molecular flexibility index (Phi) is 3.70. The van der Waals surface area contributed by atoms with E-state index in [1.807, 2.05) is 12.1 Å². The predicted molar refractivity (Wildman–Crippen MR) is 67.6 cm³/mol. The maximum Gasteiger partial charge on any atom is 0.240 e. The van der Waals surface area contributed by atoms with Crippen LogP contribution >= 0.6 is 0 Å². The van der Waals surface area contributed by atoms with Crippen molar-refractivity contribution in [2.45, 2.75) is 26.2 Å². The van der Waals surface area contributed by atoms with E-state index in [4.69, 9.17) is 5.73 Å². The number of rotatable bonds is 2. The molecule has 1 aromatic carbocycles. The fourth-order valence-corrected chi connectivity index (χ4v) is 1.47. The molecule has 0 spiro atoms. The van der Waals surface area contributed by atoms with Crippen LogP contribution in [0.15, 0.2) is 24.3 Å². The van der Waals surface area contributed by atoms with E-state index < -0.39 is 0 Å². The molecule has 1 amide bonds. The van der Waals surface area contributed by atoms with Gasteiger partial charge in [-0.05, 0) is 23.1 Å². The summed E-state index contributed by atoms with van der Waals surface area (Å²) in [7, 11) is 1.74. The molecular formula is C13H20N2O. The van der Waals surface area contributed by atoms with Gasteiger partial charge in [0.05, 0.1) is 6.54 Å². The molecule has 16 heavy (non-hydrogen) atoms. The van der Waals surface area contributed by atoms with Crippen LogP contribution in [-0.4, -0.2) is 19.5 Å². The molecule has 2 N–H and O–H groups in total. The standard InChI is InChI=1S/C13H20N2O/c1-13(2,3)10-5-7-11(8-6-10)15(4)12(16)9-14/h5-8H,9,14H2,1-4H3. The van der Waals surface area contributed by atoms with Crippen LogP contribution in [0.2, 0.25) is 0 Å². The number of hydrogen-bond donors (Lipinski definition) is 1. The molecule has 0 aliphatic rings. The van der Waals surface area contributed by atoms with Crippen molar-refractivity contribution in [1.82, 2.24) is 0 Å². The van der Waals surface area contributed by atoms with Crippen molar-refractivity contribution < 1.29 is 4.79 Å². The average Bonchev–Trinajstić information content (AvgIpc) is 2.26. The molecule has 0 atom stereocenters. The van der Waals surface area contributed by atoms with Crippen molar-refractivity contribution in [3.63, 3.8) is 0 Å². The molecule has 0 aromatic heterocycles. The Hall–Kier alpha value is -1.35. The highest BCUT2D eigenvalue weighted by molar-refractivity contribution is 5.94. The Morgan fingerprint density at radius 3 is 2.12 bits per heavy atom. The molecule has 3 nitrogen and oxygen atoms in total. The molecule has 3 heteroatoms. The summed E-state index contributed by atoms with van der Waals surface area (Å²) < 4.78 is 0. The molecule has 0 heterocycles. The number of likely N-dealkylation sites (N-methyl/N-ethyl adjacent to an activating group) is 1. The first kappa shape index (κ1) is 12.7. The molecule has 0 unspecified atom stereocenters. The van der Waals surface area contributed by atoms with Crippen molar-refractivity contribution in [2.75, 3.05) is 18.5 Å².